The van der Waals surface area contributed by atoms with E-state index in [1.54, 1.807) is 24.3 Å². The summed E-state index contributed by atoms with van der Waals surface area (Å²) >= 11 is 0. The Balaban J connectivity index is 1.68. The Hall–Kier alpha value is -1.88. The van der Waals surface area contributed by atoms with Crippen LogP contribution >= 0.6 is 0 Å². The maximum absolute atomic E-state index is 12.6. The predicted molar refractivity (Wildman–Crippen MR) is 81.2 cm³/mol. The third kappa shape index (κ3) is 3.24. The van der Waals surface area contributed by atoms with E-state index in [0.29, 0.717) is 17.6 Å². The van der Waals surface area contributed by atoms with Gasteiger partial charge in [-0.3, -0.25) is 9.59 Å². The highest BCUT2D eigenvalue weighted by Crippen LogP contribution is 2.22. The molecule has 2 N–H and O–H groups in total. The first kappa shape index (κ1) is 14.1. The fraction of sp³-hybridized carbons (Fsp3) is 0.500. The second-order valence-electron chi connectivity index (χ2n) is 5.94. The van der Waals surface area contributed by atoms with Crippen molar-refractivity contribution in [3.8, 4) is 0 Å². The van der Waals surface area contributed by atoms with Gasteiger partial charge in [-0.2, -0.15) is 0 Å². The number of likely N-dealkylation sites (tertiary alicyclic amines) is 1. The highest BCUT2D eigenvalue weighted by Gasteiger charge is 2.31. The molecule has 2 fully saturated rings. The van der Waals surface area contributed by atoms with Gasteiger partial charge in [0.25, 0.3) is 5.91 Å². The summed E-state index contributed by atoms with van der Waals surface area (Å²) in [5.41, 5.74) is 1.40. The Bertz CT molecular complexity index is 541. The van der Waals surface area contributed by atoms with E-state index in [4.69, 9.17) is 0 Å². The van der Waals surface area contributed by atoms with Gasteiger partial charge in [0, 0.05) is 43.3 Å². The average molecular weight is 287 g/mol. The molecule has 0 aliphatic carbocycles. The van der Waals surface area contributed by atoms with E-state index < -0.39 is 0 Å². The minimum atomic E-state index is -0.108. The van der Waals surface area contributed by atoms with Crippen LogP contribution < -0.4 is 10.6 Å². The van der Waals surface area contributed by atoms with E-state index in [2.05, 4.69) is 10.6 Å². The van der Waals surface area contributed by atoms with Crippen LogP contribution in [0.2, 0.25) is 0 Å². The van der Waals surface area contributed by atoms with E-state index in [9.17, 15) is 9.59 Å². The quantitative estimate of drug-likeness (QED) is 0.869. The molecule has 2 aliphatic rings. The summed E-state index contributed by atoms with van der Waals surface area (Å²) in [5, 5.41) is 6.29. The van der Waals surface area contributed by atoms with Crippen LogP contribution in [0.4, 0.5) is 5.69 Å². The molecule has 3 rings (SSSR count). The topological polar surface area (TPSA) is 61.4 Å². The molecule has 2 saturated heterocycles. The second kappa shape index (κ2) is 5.85. The van der Waals surface area contributed by atoms with Crippen molar-refractivity contribution in [2.75, 3.05) is 18.4 Å². The first-order valence-electron chi connectivity index (χ1n) is 7.55. The molecule has 112 valence electrons. The molecule has 0 aromatic heterocycles. The Morgan fingerprint density at radius 1 is 1.14 bits per heavy atom. The molecule has 1 aromatic carbocycles. The maximum atomic E-state index is 12.6. The second-order valence-corrected chi connectivity index (χ2v) is 5.94. The number of carbonyl (C=O) groups excluding carboxylic acids is 2. The molecule has 0 spiro atoms. The zero-order valence-electron chi connectivity index (χ0n) is 12.3. The van der Waals surface area contributed by atoms with Crippen molar-refractivity contribution >= 4 is 17.5 Å². The molecule has 2 unspecified atom stereocenters. The van der Waals surface area contributed by atoms with Crippen molar-refractivity contribution in [1.29, 1.82) is 0 Å². The van der Waals surface area contributed by atoms with Crippen LogP contribution in [-0.2, 0) is 4.79 Å². The van der Waals surface area contributed by atoms with Crippen molar-refractivity contribution in [3.05, 3.63) is 29.8 Å². The largest absolute Gasteiger partial charge is 0.337 e. The van der Waals surface area contributed by atoms with Gasteiger partial charge in [0.15, 0.2) is 0 Å². The number of nitrogens with one attached hydrogen (secondary N) is 2. The van der Waals surface area contributed by atoms with Crippen molar-refractivity contribution in [3.63, 3.8) is 0 Å². The van der Waals surface area contributed by atoms with Gasteiger partial charge in [-0.05, 0) is 43.5 Å². The summed E-state index contributed by atoms with van der Waals surface area (Å²) in [6.07, 6.45) is 3.43. The number of fused-ring (bicyclic) bond motifs is 2. The molecule has 5 heteroatoms. The van der Waals surface area contributed by atoms with Gasteiger partial charge in [-0.25, -0.2) is 0 Å². The maximum Gasteiger partial charge on any atom is 0.253 e. The number of nitrogens with zero attached hydrogens (tertiary/aromatic N) is 1. The van der Waals surface area contributed by atoms with Gasteiger partial charge in [0.2, 0.25) is 5.91 Å². The first-order valence-corrected chi connectivity index (χ1v) is 7.55. The number of benzene rings is 1. The Morgan fingerprint density at radius 2 is 1.86 bits per heavy atom. The number of rotatable bonds is 2. The molecule has 2 atom stereocenters. The molecule has 21 heavy (non-hydrogen) atoms. The summed E-state index contributed by atoms with van der Waals surface area (Å²) in [7, 11) is 0. The number of anilines is 1. The lowest BCUT2D eigenvalue weighted by atomic mass is 10.1. The fourth-order valence-electron chi connectivity index (χ4n) is 3.21. The van der Waals surface area contributed by atoms with Crippen LogP contribution in [-0.4, -0.2) is 41.9 Å². The SMILES string of the molecule is CC(=O)Nc1ccc(C(=O)N2CCC3CCC(C2)N3)cc1. The first-order chi connectivity index (χ1) is 10.1. The molecule has 0 saturated carbocycles. The Kier molecular flexibility index (Phi) is 3.92. The monoisotopic (exact) mass is 287 g/mol. The van der Waals surface area contributed by atoms with Crippen molar-refractivity contribution < 1.29 is 9.59 Å². The molecule has 5 nitrogen and oxygen atoms in total. The minimum absolute atomic E-state index is 0.0822. The Labute approximate surface area is 124 Å². The van der Waals surface area contributed by atoms with E-state index in [0.717, 1.165) is 31.6 Å². The normalized spacial score (nSPS) is 24.5. The molecular formula is C16H21N3O2. The van der Waals surface area contributed by atoms with Crippen LogP contribution in [0.3, 0.4) is 0 Å². The van der Waals surface area contributed by atoms with Gasteiger partial charge in [-0.15, -0.1) is 0 Å². The highest BCUT2D eigenvalue weighted by molar-refractivity contribution is 5.95. The standard InChI is InChI=1S/C16H21N3O2/c1-11(20)17-13-4-2-12(3-5-13)16(21)19-9-8-14-6-7-15(10-19)18-14/h2-5,14-15,18H,6-10H2,1H3,(H,17,20). The number of hydrogen-bond acceptors (Lipinski definition) is 3. The molecule has 2 aliphatic heterocycles. The molecule has 0 radical (unpaired) electrons. The third-order valence-electron chi connectivity index (χ3n) is 4.26. The van der Waals surface area contributed by atoms with Crippen LogP contribution in [0.15, 0.2) is 24.3 Å². The van der Waals surface area contributed by atoms with Crippen LogP contribution in [0.25, 0.3) is 0 Å². The molecule has 2 heterocycles. The highest BCUT2D eigenvalue weighted by atomic mass is 16.2. The van der Waals surface area contributed by atoms with E-state index in [1.165, 1.54) is 13.3 Å². The molecular weight excluding hydrogens is 266 g/mol. The van der Waals surface area contributed by atoms with E-state index in [-0.39, 0.29) is 11.8 Å². The summed E-state index contributed by atoms with van der Waals surface area (Å²) in [6, 6.07) is 8.14. The molecule has 2 amide bonds. The van der Waals surface area contributed by atoms with Crippen LogP contribution in [0, 0.1) is 0 Å². The summed E-state index contributed by atoms with van der Waals surface area (Å²) in [5.74, 6) is -0.0255. The summed E-state index contributed by atoms with van der Waals surface area (Å²) in [6.45, 7) is 3.08. The Morgan fingerprint density at radius 3 is 2.57 bits per heavy atom. The van der Waals surface area contributed by atoms with Crippen molar-refractivity contribution in [2.24, 2.45) is 0 Å². The fourth-order valence-corrected chi connectivity index (χ4v) is 3.21. The van der Waals surface area contributed by atoms with Gasteiger partial charge in [0.1, 0.15) is 0 Å². The summed E-state index contributed by atoms with van der Waals surface area (Å²) < 4.78 is 0. The molecule has 1 aromatic rings. The predicted octanol–water partition coefficient (Wildman–Crippen LogP) is 1.61. The lowest BCUT2D eigenvalue weighted by Crippen LogP contribution is -2.39. The van der Waals surface area contributed by atoms with Gasteiger partial charge >= 0.3 is 0 Å². The lowest BCUT2D eigenvalue weighted by Gasteiger charge is -2.24. The number of amides is 2. The smallest absolute Gasteiger partial charge is 0.253 e. The van der Waals surface area contributed by atoms with E-state index >= 15 is 0 Å². The zero-order chi connectivity index (χ0) is 14.8. The lowest BCUT2D eigenvalue weighted by molar-refractivity contribution is -0.114. The van der Waals surface area contributed by atoms with Crippen LogP contribution in [0.5, 0.6) is 0 Å². The van der Waals surface area contributed by atoms with Gasteiger partial charge in [0.05, 0.1) is 0 Å². The van der Waals surface area contributed by atoms with Gasteiger partial charge < -0.3 is 15.5 Å². The average Bonchev–Trinajstić information content (AvgIpc) is 2.78. The third-order valence-corrected chi connectivity index (χ3v) is 4.26. The van der Waals surface area contributed by atoms with Crippen molar-refractivity contribution in [2.45, 2.75) is 38.3 Å². The minimum Gasteiger partial charge on any atom is -0.337 e. The zero-order valence-corrected chi connectivity index (χ0v) is 12.3. The molecule has 2 bridgehead atoms. The number of hydrogen-bond donors (Lipinski definition) is 2. The van der Waals surface area contributed by atoms with Crippen LogP contribution in [0.1, 0.15) is 36.5 Å². The van der Waals surface area contributed by atoms with Crippen molar-refractivity contribution in [1.82, 2.24) is 10.2 Å². The van der Waals surface area contributed by atoms with E-state index in [1.807, 2.05) is 4.90 Å². The summed E-state index contributed by atoms with van der Waals surface area (Å²) in [4.78, 5) is 25.5. The number of carbonyl (C=O) groups is 2. The van der Waals surface area contributed by atoms with Gasteiger partial charge in [-0.1, -0.05) is 0 Å².